The fourth-order valence-electron chi connectivity index (χ4n) is 4.60. The van der Waals surface area contributed by atoms with Gasteiger partial charge in [0.2, 0.25) is 15.9 Å². The van der Waals surface area contributed by atoms with Crippen molar-refractivity contribution in [1.29, 1.82) is 0 Å². The Bertz CT molecular complexity index is 818. The molecule has 1 atom stereocenters. The maximum Gasteiger partial charge on any atom is 0.243 e. The average Bonchev–Trinajstić information content (AvgIpc) is 3.42. The van der Waals surface area contributed by atoms with Crippen LogP contribution >= 0.6 is 0 Å². The van der Waals surface area contributed by atoms with E-state index in [1.807, 2.05) is 0 Å². The molecule has 0 aromatic heterocycles. The number of carbonyl (C=O) groups excluding carboxylic acids is 1. The number of morpholine rings is 1. The van der Waals surface area contributed by atoms with Gasteiger partial charge in [-0.05, 0) is 69.6 Å². The molecule has 0 aliphatic carbocycles. The average molecular weight is 437 g/mol. The Morgan fingerprint density at radius 3 is 2.40 bits per heavy atom. The Labute approximate surface area is 179 Å². The quantitative estimate of drug-likeness (QED) is 0.692. The van der Waals surface area contributed by atoms with Crippen molar-refractivity contribution in [1.82, 2.24) is 14.1 Å². The summed E-state index contributed by atoms with van der Waals surface area (Å²) in [7, 11) is -3.52. The first-order valence-corrected chi connectivity index (χ1v) is 12.4. The van der Waals surface area contributed by atoms with E-state index >= 15 is 0 Å². The molecule has 3 heterocycles. The number of amides is 1. The molecule has 0 spiro atoms. The van der Waals surface area contributed by atoms with E-state index in [1.54, 1.807) is 24.3 Å². The summed E-state index contributed by atoms with van der Waals surface area (Å²) < 4.78 is 32.1. The topological polar surface area (TPSA) is 82.2 Å². The first kappa shape index (κ1) is 21.7. The van der Waals surface area contributed by atoms with E-state index in [2.05, 4.69) is 15.1 Å². The molecule has 3 aliphatic heterocycles. The fourth-order valence-corrected chi connectivity index (χ4v) is 6.01. The summed E-state index contributed by atoms with van der Waals surface area (Å²) in [4.78, 5) is 17.6. The molecule has 3 saturated heterocycles. The standard InChI is InChI=1S/C21H32N4O4S/c26-21(17-24-11-3-4-19(24)16-23-9-1-2-10-23)22-18-5-7-20(8-6-18)30(27,28)25-12-14-29-15-13-25/h5-8,19H,1-4,9-17H2,(H,22,26). The number of sulfonamides is 1. The molecule has 1 N–H and O–H groups in total. The number of hydrogen-bond acceptors (Lipinski definition) is 6. The summed E-state index contributed by atoms with van der Waals surface area (Å²) >= 11 is 0. The zero-order valence-corrected chi connectivity index (χ0v) is 18.3. The van der Waals surface area contributed by atoms with E-state index in [0.717, 1.165) is 25.9 Å². The molecule has 166 valence electrons. The minimum atomic E-state index is -3.52. The molecule has 1 unspecified atom stereocenters. The van der Waals surface area contributed by atoms with Crippen LogP contribution in [0, 0.1) is 0 Å². The Morgan fingerprint density at radius 1 is 1.00 bits per heavy atom. The summed E-state index contributed by atoms with van der Waals surface area (Å²) in [6, 6.07) is 6.90. The van der Waals surface area contributed by atoms with Gasteiger partial charge in [-0.1, -0.05) is 0 Å². The Hall–Kier alpha value is -1.52. The number of nitrogens with one attached hydrogen (secondary N) is 1. The molecule has 30 heavy (non-hydrogen) atoms. The molecule has 1 aromatic carbocycles. The summed E-state index contributed by atoms with van der Waals surface area (Å²) in [5.74, 6) is -0.0490. The predicted molar refractivity (Wildman–Crippen MR) is 115 cm³/mol. The molecule has 9 heteroatoms. The zero-order chi connectivity index (χ0) is 21.0. The lowest BCUT2D eigenvalue weighted by molar-refractivity contribution is -0.117. The minimum Gasteiger partial charge on any atom is -0.379 e. The van der Waals surface area contributed by atoms with Crippen LogP contribution in [0.5, 0.6) is 0 Å². The molecule has 0 saturated carbocycles. The van der Waals surface area contributed by atoms with Crippen molar-refractivity contribution in [3.05, 3.63) is 24.3 Å². The highest BCUT2D eigenvalue weighted by Crippen LogP contribution is 2.22. The molecule has 3 fully saturated rings. The molecule has 1 amide bonds. The zero-order valence-electron chi connectivity index (χ0n) is 17.5. The van der Waals surface area contributed by atoms with Crippen molar-refractivity contribution < 1.29 is 17.9 Å². The van der Waals surface area contributed by atoms with Crippen LogP contribution in [-0.2, 0) is 19.6 Å². The van der Waals surface area contributed by atoms with Crippen molar-refractivity contribution in [2.75, 3.05) is 64.3 Å². The lowest BCUT2D eigenvalue weighted by Crippen LogP contribution is -2.42. The molecule has 0 radical (unpaired) electrons. The maximum absolute atomic E-state index is 12.7. The van der Waals surface area contributed by atoms with E-state index in [-0.39, 0.29) is 10.8 Å². The number of nitrogens with zero attached hydrogens (tertiary/aromatic N) is 3. The molecular weight excluding hydrogens is 404 g/mol. The highest BCUT2D eigenvalue weighted by atomic mass is 32.2. The van der Waals surface area contributed by atoms with Crippen LogP contribution in [0.3, 0.4) is 0 Å². The molecule has 4 rings (SSSR count). The Kier molecular flexibility index (Phi) is 7.05. The largest absolute Gasteiger partial charge is 0.379 e. The monoisotopic (exact) mass is 436 g/mol. The lowest BCUT2D eigenvalue weighted by Gasteiger charge is -2.28. The summed E-state index contributed by atoms with van der Waals surface area (Å²) in [6.07, 6.45) is 4.85. The van der Waals surface area contributed by atoms with Gasteiger partial charge in [-0.25, -0.2) is 8.42 Å². The highest BCUT2D eigenvalue weighted by molar-refractivity contribution is 7.89. The third-order valence-electron chi connectivity index (χ3n) is 6.26. The van der Waals surface area contributed by atoms with Crippen LogP contribution in [0.1, 0.15) is 25.7 Å². The van der Waals surface area contributed by atoms with Crippen LogP contribution < -0.4 is 5.32 Å². The minimum absolute atomic E-state index is 0.0490. The van der Waals surface area contributed by atoms with Crippen molar-refractivity contribution in [2.45, 2.75) is 36.6 Å². The SMILES string of the molecule is O=C(CN1CCCC1CN1CCCC1)Nc1ccc(S(=O)(=O)N2CCOCC2)cc1. The van der Waals surface area contributed by atoms with Gasteiger partial charge in [0.15, 0.2) is 0 Å². The van der Waals surface area contributed by atoms with Gasteiger partial charge < -0.3 is 15.0 Å². The third-order valence-corrected chi connectivity index (χ3v) is 8.17. The molecular formula is C21H32N4O4S. The van der Waals surface area contributed by atoms with Crippen LogP contribution in [0.25, 0.3) is 0 Å². The number of anilines is 1. The maximum atomic E-state index is 12.7. The van der Waals surface area contributed by atoms with Gasteiger partial charge in [-0.15, -0.1) is 0 Å². The fraction of sp³-hybridized carbons (Fsp3) is 0.667. The molecule has 8 nitrogen and oxygen atoms in total. The number of likely N-dealkylation sites (tertiary alicyclic amines) is 2. The van der Waals surface area contributed by atoms with Gasteiger partial charge in [0.25, 0.3) is 0 Å². The van der Waals surface area contributed by atoms with E-state index in [0.29, 0.717) is 44.6 Å². The van der Waals surface area contributed by atoms with Gasteiger partial charge >= 0.3 is 0 Å². The molecule has 3 aliphatic rings. The predicted octanol–water partition coefficient (Wildman–Crippen LogP) is 1.21. The number of hydrogen-bond donors (Lipinski definition) is 1. The van der Waals surface area contributed by atoms with Gasteiger partial charge in [0, 0.05) is 31.4 Å². The molecule has 1 aromatic rings. The van der Waals surface area contributed by atoms with Gasteiger partial charge in [0.05, 0.1) is 24.7 Å². The first-order valence-electron chi connectivity index (χ1n) is 11.0. The Balaban J connectivity index is 1.31. The lowest BCUT2D eigenvalue weighted by atomic mass is 10.2. The van der Waals surface area contributed by atoms with Crippen LogP contribution in [-0.4, -0.2) is 93.5 Å². The van der Waals surface area contributed by atoms with Crippen LogP contribution in [0.4, 0.5) is 5.69 Å². The van der Waals surface area contributed by atoms with Gasteiger partial charge in [-0.2, -0.15) is 4.31 Å². The summed E-state index contributed by atoms with van der Waals surface area (Å²) in [5, 5.41) is 2.92. The van der Waals surface area contributed by atoms with Gasteiger partial charge in [0.1, 0.15) is 0 Å². The van der Waals surface area contributed by atoms with Crippen molar-refractivity contribution in [2.24, 2.45) is 0 Å². The van der Waals surface area contributed by atoms with Crippen molar-refractivity contribution in [3.8, 4) is 0 Å². The number of benzene rings is 1. The second-order valence-corrected chi connectivity index (χ2v) is 10.3. The number of ether oxygens (including phenoxy) is 1. The van der Waals surface area contributed by atoms with E-state index < -0.39 is 10.0 Å². The van der Waals surface area contributed by atoms with E-state index in [1.165, 1.54) is 30.2 Å². The van der Waals surface area contributed by atoms with Crippen LogP contribution in [0.2, 0.25) is 0 Å². The normalized spacial score (nSPS) is 24.3. The summed E-state index contributed by atoms with van der Waals surface area (Å²) in [5.41, 5.74) is 0.621. The second-order valence-electron chi connectivity index (χ2n) is 8.36. The first-order chi connectivity index (χ1) is 14.5. The molecule has 0 bridgehead atoms. The number of carbonyl (C=O) groups is 1. The second kappa shape index (κ2) is 9.74. The summed E-state index contributed by atoms with van der Waals surface area (Å²) in [6.45, 7) is 6.33. The third kappa shape index (κ3) is 5.20. The highest BCUT2D eigenvalue weighted by Gasteiger charge is 2.29. The van der Waals surface area contributed by atoms with Crippen molar-refractivity contribution >= 4 is 21.6 Å². The van der Waals surface area contributed by atoms with E-state index in [9.17, 15) is 13.2 Å². The van der Waals surface area contributed by atoms with Gasteiger partial charge in [-0.3, -0.25) is 9.69 Å². The van der Waals surface area contributed by atoms with E-state index in [4.69, 9.17) is 4.74 Å². The van der Waals surface area contributed by atoms with Crippen molar-refractivity contribution in [3.63, 3.8) is 0 Å². The smallest absolute Gasteiger partial charge is 0.243 e. The number of rotatable bonds is 7. The Morgan fingerprint density at radius 2 is 1.70 bits per heavy atom. The van der Waals surface area contributed by atoms with Crippen LogP contribution in [0.15, 0.2) is 29.2 Å².